The summed E-state index contributed by atoms with van der Waals surface area (Å²) in [6, 6.07) is 13.3. The van der Waals surface area contributed by atoms with Crippen LogP contribution in [0.15, 0.2) is 47.6 Å². The number of rotatable bonds is 5. The standard InChI is InChI=1S/C23H28N4O2S/c1-3-16-15-30-23-25-21(19-6-4-5-9-24-19)22(27(16)23)18-8-7-17(14-20(18)28-2)26-10-12-29-13-11-26/h4-9,14,16,21-22H,3,10-13,15H2,1-2H3/t16-,21-,22-/m1/s1. The van der Waals surface area contributed by atoms with Crippen LogP contribution >= 0.6 is 11.8 Å². The summed E-state index contributed by atoms with van der Waals surface area (Å²) in [5, 5.41) is 1.14. The van der Waals surface area contributed by atoms with E-state index in [1.54, 1.807) is 7.11 Å². The molecule has 2 fully saturated rings. The summed E-state index contributed by atoms with van der Waals surface area (Å²) < 4.78 is 11.4. The van der Waals surface area contributed by atoms with E-state index in [0.29, 0.717) is 6.04 Å². The summed E-state index contributed by atoms with van der Waals surface area (Å²) in [5.41, 5.74) is 3.39. The highest BCUT2D eigenvalue weighted by molar-refractivity contribution is 8.14. The van der Waals surface area contributed by atoms with E-state index in [1.807, 2.05) is 30.1 Å². The van der Waals surface area contributed by atoms with Gasteiger partial charge in [0.05, 0.1) is 32.1 Å². The first-order chi connectivity index (χ1) is 14.8. The van der Waals surface area contributed by atoms with Crippen LogP contribution in [0.4, 0.5) is 5.69 Å². The Morgan fingerprint density at radius 2 is 2.07 bits per heavy atom. The molecule has 0 N–H and O–H groups in total. The van der Waals surface area contributed by atoms with Gasteiger partial charge in [-0.15, -0.1) is 0 Å². The number of benzene rings is 1. The Labute approximate surface area is 182 Å². The molecular weight excluding hydrogens is 396 g/mol. The van der Waals surface area contributed by atoms with Crippen molar-refractivity contribution in [3.63, 3.8) is 0 Å². The van der Waals surface area contributed by atoms with Crippen LogP contribution in [0.1, 0.15) is 36.7 Å². The number of morpholine rings is 1. The largest absolute Gasteiger partial charge is 0.496 e. The number of amidine groups is 1. The van der Waals surface area contributed by atoms with Crippen LogP contribution in [0.5, 0.6) is 5.75 Å². The lowest BCUT2D eigenvalue weighted by Gasteiger charge is -2.34. The Morgan fingerprint density at radius 3 is 2.80 bits per heavy atom. The van der Waals surface area contributed by atoms with Gasteiger partial charge in [0.25, 0.3) is 0 Å². The lowest BCUT2D eigenvalue weighted by atomic mass is 9.94. The van der Waals surface area contributed by atoms with E-state index in [1.165, 1.54) is 11.3 Å². The Balaban J connectivity index is 1.55. The summed E-state index contributed by atoms with van der Waals surface area (Å²) >= 11 is 1.87. The minimum Gasteiger partial charge on any atom is -0.496 e. The van der Waals surface area contributed by atoms with Gasteiger partial charge in [0.2, 0.25) is 0 Å². The quantitative estimate of drug-likeness (QED) is 0.726. The Hall–Kier alpha value is -2.25. The fourth-order valence-corrected chi connectivity index (χ4v) is 5.99. The van der Waals surface area contributed by atoms with E-state index in [0.717, 1.165) is 55.1 Å². The van der Waals surface area contributed by atoms with Crippen molar-refractivity contribution >= 4 is 22.6 Å². The molecule has 0 unspecified atom stereocenters. The molecule has 0 saturated carbocycles. The second-order valence-electron chi connectivity index (χ2n) is 7.86. The number of aromatic nitrogens is 1. The number of aliphatic imine (C=N–C) groups is 1. The summed E-state index contributed by atoms with van der Waals surface area (Å²) in [5.74, 6) is 2.02. The first-order valence-corrected chi connectivity index (χ1v) is 11.7. The highest BCUT2D eigenvalue weighted by Crippen LogP contribution is 2.50. The summed E-state index contributed by atoms with van der Waals surface area (Å²) in [6.45, 7) is 5.63. The van der Waals surface area contributed by atoms with Crippen LogP contribution < -0.4 is 9.64 Å². The molecule has 3 aliphatic heterocycles. The number of hydrogen-bond acceptors (Lipinski definition) is 7. The second-order valence-corrected chi connectivity index (χ2v) is 8.85. The molecule has 0 amide bonds. The third kappa shape index (κ3) is 3.44. The molecule has 7 heteroatoms. The molecule has 6 nitrogen and oxygen atoms in total. The molecule has 30 heavy (non-hydrogen) atoms. The molecule has 3 atom stereocenters. The van der Waals surface area contributed by atoms with E-state index in [4.69, 9.17) is 14.5 Å². The van der Waals surface area contributed by atoms with E-state index in [-0.39, 0.29) is 12.1 Å². The van der Waals surface area contributed by atoms with Crippen LogP contribution in [-0.2, 0) is 4.74 Å². The summed E-state index contributed by atoms with van der Waals surface area (Å²) in [7, 11) is 1.77. The minimum absolute atomic E-state index is 0.0220. The number of nitrogens with zero attached hydrogens (tertiary/aromatic N) is 4. The molecule has 1 aromatic heterocycles. The molecule has 0 bridgehead atoms. The predicted molar refractivity (Wildman–Crippen MR) is 122 cm³/mol. The number of methoxy groups -OCH3 is 1. The van der Waals surface area contributed by atoms with Crippen molar-refractivity contribution < 1.29 is 9.47 Å². The lowest BCUT2D eigenvalue weighted by molar-refractivity contribution is 0.122. The fraction of sp³-hybridized carbons (Fsp3) is 0.478. The minimum atomic E-state index is -0.0220. The number of ether oxygens (including phenoxy) is 2. The van der Waals surface area contributed by atoms with Gasteiger partial charge in [0.1, 0.15) is 11.8 Å². The van der Waals surface area contributed by atoms with E-state index >= 15 is 0 Å². The normalized spacial score (nSPS) is 25.9. The molecule has 2 saturated heterocycles. The Morgan fingerprint density at radius 1 is 1.20 bits per heavy atom. The number of thioether (sulfide) groups is 1. The molecule has 2 aromatic rings. The van der Waals surface area contributed by atoms with Crippen LogP contribution in [0.3, 0.4) is 0 Å². The van der Waals surface area contributed by atoms with E-state index < -0.39 is 0 Å². The molecular formula is C23H28N4O2S. The maximum Gasteiger partial charge on any atom is 0.160 e. The van der Waals surface area contributed by atoms with Crippen LogP contribution in [0, 0.1) is 0 Å². The van der Waals surface area contributed by atoms with E-state index in [2.05, 4.69) is 46.0 Å². The van der Waals surface area contributed by atoms with Crippen molar-refractivity contribution in [2.75, 3.05) is 44.1 Å². The summed E-state index contributed by atoms with van der Waals surface area (Å²) in [4.78, 5) is 14.7. The van der Waals surface area contributed by atoms with Gasteiger partial charge in [-0.05, 0) is 24.6 Å². The third-order valence-electron chi connectivity index (χ3n) is 6.24. The molecule has 3 aliphatic rings. The fourth-order valence-electron chi connectivity index (χ4n) is 4.65. The van der Waals surface area contributed by atoms with Crippen LogP contribution in [0.2, 0.25) is 0 Å². The van der Waals surface area contributed by atoms with Crippen molar-refractivity contribution in [1.29, 1.82) is 0 Å². The molecule has 0 radical (unpaired) electrons. The molecule has 158 valence electrons. The van der Waals surface area contributed by atoms with Gasteiger partial charge in [0, 0.05) is 48.4 Å². The Bertz CT molecular complexity index is 917. The second kappa shape index (κ2) is 8.47. The van der Waals surface area contributed by atoms with Crippen LogP contribution in [-0.4, -0.2) is 60.3 Å². The number of anilines is 1. The van der Waals surface area contributed by atoms with Crippen molar-refractivity contribution in [2.45, 2.75) is 31.5 Å². The zero-order valence-electron chi connectivity index (χ0n) is 17.5. The van der Waals surface area contributed by atoms with Crippen LogP contribution in [0.25, 0.3) is 0 Å². The van der Waals surface area contributed by atoms with E-state index in [9.17, 15) is 0 Å². The van der Waals surface area contributed by atoms with Gasteiger partial charge in [-0.1, -0.05) is 30.8 Å². The highest BCUT2D eigenvalue weighted by Gasteiger charge is 2.46. The predicted octanol–water partition coefficient (Wildman–Crippen LogP) is 3.91. The Kier molecular flexibility index (Phi) is 5.56. The third-order valence-corrected chi connectivity index (χ3v) is 7.37. The number of fused-ring (bicyclic) bond motifs is 1. The maximum atomic E-state index is 5.93. The van der Waals surface area contributed by atoms with Crippen molar-refractivity contribution in [2.24, 2.45) is 4.99 Å². The number of hydrogen-bond donors (Lipinski definition) is 0. The van der Waals surface area contributed by atoms with Crippen molar-refractivity contribution in [3.05, 3.63) is 53.9 Å². The molecule has 5 rings (SSSR count). The average molecular weight is 425 g/mol. The average Bonchev–Trinajstić information content (AvgIpc) is 3.39. The van der Waals surface area contributed by atoms with Gasteiger partial charge in [-0.2, -0.15) is 0 Å². The van der Waals surface area contributed by atoms with Gasteiger partial charge < -0.3 is 19.3 Å². The van der Waals surface area contributed by atoms with Gasteiger partial charge in [0.15, 0.2) is 5.17 Å². The van der Waals surface area contributed by atoms with Gasteiger partial charge in [-0.3, -0.25) is 9.98 Å². The SMILES string of the molecule is CC[C@@H]1CSC2=N[C@H](c3ccccn3)[C@@H](c3ccc(N4CCOCC4)cc3OC)N21. The molecule has 0 aliphatic carbocycles. The van der Waals surface area contributed by atoms with Gasteiger partial charge >= 0.3 is 0 Å². The first-order valence-electron chi connectivity index (χ1n) is 10.7. The highest BCUT2D eigenvalue weighted by atomic mass is 32.2. The zero-order valence-corrected chi connectivity index (χ0v) is 18.3. The molecule has 0 spiro atoms. The zero-order chi connectivity index (χ0) is 20.5. The molecule has 4 heterocycles. The monoisotopic (exact) mass is 424 g/mol. The smallest absolute Gasteiger partial charge is 0.160 e. The lowest BCUT2D eigenvalue weighted by Crippen LogP contribution is -2.36. The first kappa shape index (κ1) is 19.7. The topological polar surface area (TPSA) is 50.2 Å². The van der Waals surface area contributed by atoms with Crippen molar-refractivity contribution in [1.82, 2.24) is 9.88 Å². The van der Waals surface area contributed by atoms with Gasteiger partial charge in [-0.25, -0.2) is 0 Å². The maximum absolute atomic E-state index is 5.93. The number of pyridine rings is 1. The molecule has 1 aromatic carbocycles. The van der Waals surface area contributed by atoms with Crippen molar-refractivity contribution in [3.8, 4) is 5.75 Å². The summed E-state index contributed by atoms with van der Waals surface area (Å²) in [6.07, 6.45) is 2.96.